The zero-order valence-corrected chi connectivity index (χ0v) is 27.3. The summed E-state index contributed by atoms with van der Waals surface area (Å²) in [5.74, 6) is -0.305. The highest BCUT2D eigenvalue weighted by Crippen LogP contribution is 2.33. The molecule has 3 aromatic carbocycles. The summed E-state index contributed by atoms with van der Waals surface area (Å²) < 4.78 is 39.9. The third kappa shape index (κ3) is 8.16. The molecule has 0 aliphatic heterocycles. The molecule has 1 aliphatic carbocycles. The molecule has 1 fully saturated rings. The van der Waals surface area contributed by atoms with Crippen molar-refractivity contribution < 1.29 is 27.5 Å². The highest BCUT2D eigenvalue weighted by Gasteiger charge is 2.33. The third-order valence-electron chi connectivity index (χ3n) is 7.70. The maximum atomic E-state index is 14.2. The van der Waals surface area contributed by atoms with Crippen LogP contribution in [0.1, 0.15) is 44.6 Å². The second-order valence-corrected chi connectivity index (χ2v) is 13.4. The summed E-state index contributed by atoms with van der Waals surface area (Å²) in [6, 6.07) is 16.5. The largest absolute Gasteiger partial charge is 0.493 e. The molecule has 0 heterocycles. The van der Waals surface area contributed by atoms with Gasteiger partial charge in [0, 0.05) is 28.7 Å². The van der Waals surface area contributed by atoms with E-state index in [1.54, 1.807) is 43.3 Å². The van der Waals surface area contributed by atoms with Gasteiger partial charge in [0.2, 0.25) is 11.8 Å². The number of rotatable bonds is 12. The lowest BCUT2D eigenvalue weighted by Crippen LogP contribution is -2.53. The van der Waals surface area contributed by atoms with E-state index in [0.717, 1.165) is 36.4 Å². The van der Waals surface area contributed by atoms with Gasteiger partial charge in [-0.05, 0) is 73.9 Å². The Bertz CT molecular complexity index is 1560. The van der Waals surface area contributed by atoms with Gasteiger partial charge in [0.1, 0.15) is 12.6 Å². The Kier molecular flexibility index (Phi) is 11.4. The number of hydrogen-bond donors (Lipinski definition) is 1. The van der Waals surface area contributed by atoms with Crippen molar-refractivity contribution in [3.63, 3.8) is 0 Å². The molecular weight excluding hydrogens is 625 g/mol. The van der Waals surface area contributed by atoms with E-state index >= 15 is 0 Å². The molecule has 1 atom stereocenters. The monoisotopic (exact) mass is 661 g/mol. The lowest BCUT2D eigenvalue weighted by molar-refractivity contribution is -0.139. The normalized spacial score (nSPS) is 14.4. The van der Waals surface area contributed by atoms with Crippen LogP contribution in [0.4, 0.5) is 5.69 Å². The van der Waals surface area contributed by atoms with Gasteiger partial charge in [-0.15, -0.1) is 0 Å². The van der Waals surface area contributed by atoms with Crippen LogP contribution in [-0.4, -0.2) is 58.0 Å². The van der Waals surface area contributed by atoms with Crippen LogP contribution in [0, 0.1) is 0 Å². The van der Waals surface area contributed by atoms with E-state index in [9.17, 15) is 18.0 Å². The average Bonchev–Trinajstić information content (AvgIpc) is 3.02. The Morgan fingerprint density at radius 1 is 0.909 bits per heavy atom. The molecule has 4 rings (SSSR count). The molecule has 2 amide bonds. The molecule has 0 aromatic heterocycles. The van der Waals surface area contributed by atoms with Gasteiger partial charge in [-0.25, -0.2) is 8.42 Å². The molecule has 0 radical (unpaired) electrons. The number of sulfonamides is 1. The maximum absolute atomic E-state index is 14.2. The lowest BCUT2D eigenvalue weighted by Gasteiger charge is -2.33. The standard InChI is InChI=1S/C32H37Cl2N3O6S/c1-22(32(39)35-26-10-5-4-6-11-26)36(20-23-8-7-9-25(34)18-23)31(38)21-37(27-14-12-24(33)13-15-27)44(40,41)28-16-17-29(42-2)30(19-28)43-3/h7-9,12-19,22,26H,4-6,10-11,20-21H2,1-3H3,(H,35,39). The Morgan fingerprint density at radius 2 is 1.59 bits per heavy atom. The Morgan fingerprint density at radius 3 is 2.23 bits per heavy atom. The van der Waals surface area contributed by atoms with E-state index in [-0.39, 0.29) is 34.8 Å². The van der Waals surface area contributed by atoms with Crippen LogP contribution in [-0.2, 0) is 26.2 Å². The Labute approximate surface area is 269 Å². The van der Waals surface area contributed by atoms with Crippen molar-refractivity contribution in [1.29, 1.82) is 0 Å². The molecule has 1 N–H and O–H groups in total. The van der Waals surface area contributed by atoms with Crippen LogP contribution in [0.2, 0.25) is 10.0 Å². The van der Waals surface area contributed by atoms with Crippen LogP contribution >= 0.6 is 23.2 Å². The molecule has 0 spiro atoms. The highest BCUT2D eigenvalue weighted by atomic mass is 35.5. The number of methoxy groups -OCH3 is 2. The molecule has 236 valence electrons. The smallest absolute Gasteiger partial charge is 0.264 e. The second-order valence-electron chi connectivity index (χ2n) is 10.7. The minimum Gasteiger partial charge on any atom is -0.493 e. The SMILES string of the molecule is COc1ccc(S(=O)(=O)N(CC(=O)N(Cc2cccc(Cl)c2)C(C)C(=O)NC2CCCCC2)c2ccc(Cl)cc2)cc1OC. The van der Waals surface area contributed by atoms with E-state index in [4.69, 9.17) is 32.7 Å². The molecule has 0 bridgehead atoms. The van der Waals surface area contributed by atoms with E-state index in [0.29, 0.717) is 21.4 Å². The van der Waals surface area contributed by atoms with Crippen molar-refractivity contribution in [2.45, 2.75) is 62.6 Å². The fourth-order valence-corrected chi connectivity index (χ4v) is 6.99. The predicted octanol–water partition coefficient (Wildman–Crippen LogP) is 6.07. The minimum absolute atomic E-state index is 0.0396. The van der Waals surface area contributed by atoms with Crippen molar-refractivity contribution in [3.05, 3.63) is 82.3 Å². The number of benzene rings is 3. The molecule has 1 saturated carbocycles. The number of carbonyl (C=O) groups excluding carboxylic acids is 2. The first-order chi connectivity index (χ1) is 21.0. The van der Waals surface area contributed by atoms with E-state index in [1.807, 2.05) is 0 Å². The quantitative estimate of drug-likeness (QED) is 0.253. The number of amides is 2. The summed E-state index contributed by atoms with van der Waals surface area (Å²) >= 11 is 12.3. The van der Waals surface area contributed by atoms with Gasteiger partial charge in [0.05, 0.1) is 24.8 Å². The number of nitrogens with one attached hydrogen (secondary N) is 1. The zero-order chi connectivity index (χ0) is 31.9. The Hall–Kier alpha value is -3.47. The molecule has 12 heteroatoms. The van der Waals surface area contributed by atoms with Crippen molar-refractivity contribution in [2.24, 2.45) is 0 Å². The van der Waals surface area contributed by atoms with Crippen molar-refractivity contribution in [1.82, 2.24) is 10.2 Å². The van der Waals surface area contributed by atoms with Crippen molar-refractivity contribution in [2.75, 3.05) is 25.1 Å². The molecule has 44 heavy (non-hydrogen) atoms. The van der Waals surface area contributed by atoms with Crippen LogP contribution in [0.3, 0.4) is 0 Å². The lowest BCUT2D eigenvalue weighted by atomic mass is 9.95. The van der Waals surface area contributed by atoms with E-state index in [2.05, 4.69) is 5.32 Å². The second kappa shape index (κ2) is 15.0. The van der Waals surface area contributed by atoms with Crippen LogP contribution in [0.5, 0.6) is 11.5 Å². The highest BCUT2D eigenvalue weighted by molar-refractivity contribution is 7.92. The first-order valence-electron chi connectivity index (χ1n) is 14.4. The summed E-state index contributed by atoms with van der Waals surface area (Å²) in [7, 11) is -1.46. The maximum Gasteiger partial charge on any atom is 0.264 e. The van der Waals surface area contributed by atoms with Crippen molar-refractivity contribution >= 4 is 50.7 Å². The predicted molar refractivity (Wildman–Crippen MR) is 172 cm³/mol. The molecule has 1 aliphatic rings. The number of anilines is 1. The van der Waals surface area contributed by atoms with Gasteiger partial charge >= 0.3 is 0 Å². The molecule has 3 aromatic rings. The third-order valence-corrected chi connectivity index (χ3v) is 9.95. The molecule has 0 saturated heterocycles. The van der Waals surface area contributed by atoms with Crippen LogP contribution in [0.25, 0.3) is 0 Å². The summed E-state index contributed by atoms with van der Waals surface area (Å²) in [5.41, 5.74) is 0.920. The topological polar surface area (TPSA) is 105 Å². The number of nitrogens with zero attached hydrogens (tertiary/aromatic N) is 2. The Balaban J connectivity index is 1.70. The molecular formula is C32H37Cl2N3O6S. The van der Waals surface area contributed by atoms with Gasteiger partial charge in [-0.3, -0.25) is 13.9 Å². The van der Waals surface area contributed by atoms with Gasteiger partial charge in [0.15, 0.2) is 11.5 Å². The number of hydrogen-bond acceptors (Lipinski definition) is 6. The number of halogens is 2. The summed E-state index contributed by atoms with van der Waals surface area (Å²) in [6.07, 6.45) is 4.97. The van der Waals surface area contributed by atoms with E-state index in [1.165, 1.54) is 49.5 Å². The van der Waals surface area contributed by atoms with Gasteiger partial charge in [-0.2, -0.15) is 0 Å². The fourth-order valence-electron chi connectivity index (χ4n) is 5.22. The first-order valence-corrected chi connectivity index (χ1v) is 16.6. The van der Waals surface area contributed by atoms with Gasteiger partial charge in [0.25, 0.3) is 10.0 Å². The summed E-state index contributed by atoms with van der Waals surface area (Å²) in [5, 5.41) is 3.97. The summed E-state index contributed by atoms with van der Waals surface area (Å²) in [4.78, 5) is 28.9. The first kappa shape index (κ1) is 33.4. The van der Waals surface area contributed by atoms with Gasteiger partial charge < -0.3 is 19.7 Å². The number of carbonyl (C=O) groups is 2. The van der Waals surface area contributed by atoms with Crippen LogP contribution < -0.4 is 19.1 Å². The van der Waals surface area contributed by atoms with Crippen molar-refractivity contribution in [3.8, 4) is 11.5 Å². The fraction of sp³-hybridized carbons (Fsp3) is 0.375. The van der Waals surface area contributed by atoms with Crippen LogP contribution in [0.15, 0.2) is 71.6 Å². The molecule has 9 nitrogen and oxygen atoms in total. The average molecular weight is 663 g/mol. The summed E-state index contributed by atoms with van der Waals surface area (Å²) in [6.45, 7) is 1.11. The van der Waals surface area contributed by atoms with E-state index < -0.39 is 28.5 Å². The minimum atomic E-state index is -4.32. The molecule has 1 unspecified atom stereocenters. The number of ether oxygens (including phenoxy) is 2. The van der Waals surface area contributed by atoms with Gasteiger partial charge in [-0.1, -0.05) is 54.6 Å². The zero-order valence-electron chi connectivity index (χ0n) is 25.0.